The predicted molar refractivity (Wildman–Crippen MR) is 84.2 cm³/mol. The van der Waals surface area contributed by atoms with Gasteiger partial charge in [0.15, 0.2) is 0 Å². The zero-order valence-corrected chi connectivity index (χ0v) is 12.0. The van der Waals surface area contributed by atoms with Crippen molar-refractivity contribution >= 4 is 23.4 Å². The van der Waals surface area contributed by atoms with Crippen molar-refractivity contribution in [1.82, 2.24) is 0 Å². The van der Waals surface area contributed by atoms with Gasteiger partial charge in [0.1, 0.15) is 5.75 Å². The molecule has 4 heteroatoms. The molecule has 0 amide bonds. The summed E-state index contributed by atoms with van der Waals surface area (Å²) in [6, 6.07) is 15.4. The molecule has 0 fully saturated rings. The van der Waals surface area contributed by atoms with E-state index in [1.54, 1.807) is 13.2 Å². The van der Waals surface area contributed by atoms with E-state index >= 15 is 0 Å². The van der Waals surface area contributed by atoms with Gasteiger partial charge in [-0.2, -0.15) is 0 Å². The molecule has 0 aliphatic heterocycles. The number of hydrogen-bond donors (Lipinski definition) is 1. The summed E-state index contributed by atoms with van der Waals surface area (Å²) in [6.45, 7) is 0. The van der Waals surface area contributed by atoms with Crippen LogP contribution in [0.5, 0.6) is 5.75 Å². The highest BCUT2D eigenvalue weighted by molar-refractivity contribution is 5.85. The third-order valence-electron chi connectivity index (χ3n) is 3.14. The lowest BCUT2D eigenvalue weighted by Gasteiger charge is -2.20. The number of rotatable bonds is 5. The number of carbonyl (C=O) groups is 1. The Bertz CT molecular complexity index is 647. The average molecular weight is 283 g/mol. The molecule has 0 aliphatic rings. The minimum absolute atomic E-state index is 0.806. The van der Waals surface area contributed by atoms with Gasteiger partial charge in [-0.15, -0.1) is 0 Å². The molecule has 0 heterocycles. The van der Waals surface area contributed by atoms with Crippen molar-refractivity contribution in [1.29, 1.82) is 0 Å². The van der Waals surface area contributed by atoms with Gasteiger partial charge in [0.25, 0.3) is 0 Å². The lowest BCUT2D eigenvalue weighted by Crippen LogP contribution is -2.09. The fourth-order valence-corrected chi connectivity index (χ4v) is 1.94. The minimum Gasteiger partial charge on any atom is -0.497 e. The first-order chi connectivity index (χ1) is 10.1. The quantitative estimate of drug-likeness (QED) is 0.852. The molecule has 0 saturated heterocycles. The maximum atomic E-state index is 10.5. The van der Waals surface area contributed by atoms with Gasteiger partial charge < -0.3 is 14.7 Å². The van der Waals surface area contributed by atoms with Gasteiger partial charge in [-0.1, -0.05) is 18.2 Å². The molecule has 21 heavy (non-hydrogen) atoms. The predicted octanol–water partition coefficient (Wildman–Crippen LogP) is 3.56. The summed E-state index contributed by atoms with van der Waals surface area (Å²) in [5.41, 5.74) is 2.87. The van der Waals surface area contributed by atoms with Crippen LogP contribution in [-0.2, 0) is 4.79 Å². The Balaban J connectivity index is 2.19. The van der Waals surface area contributed by atoms with Crippen LogP contribution in [0.25, 0.3) is 6.08 Å². The van der Waals surface area contributed by atoms with Gasteiger partial charge in [0.05, 0.1) is 7.11 Å². The van der Waals surface area contributed by atoms with Crippen molar-refractivity contribution in [2.75, 3.05) is 19.1 Å². The van der Waals surface area contributed by atoms with Crippen molar-refractivity contribution in [3.05, 3.63) is 60.2 Å². The maximum absolute atomic E-state index is 10.5. The van der Waals surface area contributed by atoms with E-state index in [1.165, 1.54) is 0 Å². The Hall–Kier alpha value is -2.75. The lowest BCUT2D eigenvalue weighted by molar-refractivity contribution is -0.131. The van der Waals surface area contributed by atoms with Crippen molar-refractivity contribution in [2.45, 2.75) is 0 Å². The topological polar surface area (TPSA) is 49.8 Å². The van der Waals surface area contributed by atoms with Gasteiger partial charge in [-0.25, -0.2) is 4.79 Å². The van der Waals surface area contributed by atoms with Gasteiger partial charge in [0, 0.05) is 30.6 Å². The smallest absolute Gasteiger partial charge is 0.328 e. The SMILES string of the molecule is COc1cccc(N(C)c2ccc(C=CC(=O)O)cc2)c1. The molecule has 0 radical (unpaired) electrons. The first-order valence-corrected chi connectivity index (χ1v) is 6.49. The van der Waals surface area contributed by atoms with Crippen molar-refractivity contribution < 1.29 is 14.6 Å². The summed E-state index contributed by atoms with van der Waals surface area (Å²) < 4.78 is 5.22. The third-order valence-corrected chi connectivity index (χ3v) is 3.14. The van der Waals surface area contributed by atoms with Crippen molar-refractivity contribution in [3.63, 3.8) is 0 Å². The standard InChI is InChI=1S/C17H17NO3/c1-18(15-4-3-5-16(12-15)21-2)14-9-6-13(7-10-14)8-11-17(19)20/h3-12H,1-2H3,(H,19,20). The Labute approximate surface area is 123 Å². The number of carboxylic acids is 1. The summed E-state index contributed by atoms with van der Waals surface area (Å²) in [7, 11) is 3.61. The van der Waals surface area contributed by atoms with E-state index in [0.717, 1.165) is 28.8 Å². The molecule has 0 aromatic heterocycles. The molecule has 4 nitrogen and oxygen atoms in total. The van der Waals surface area contributed by atoms with E-state index in [9.17, 15) is 4.79 Å². The van der Waals surface area contributed by atoms with Gasteiger partial charge >= 0.3 is 5.97 Å². The van der Waals surface area contributed by atoms with Crippen LogP contribution in [0.4, 0.5) is 11.4 Å². The molecule has 0 unspecified atom stereocenters. The highest BCUT2D eigenvalue weighted by atomic mass is 16.5. The van der Waals surface area contributed by atoms with E-state index in [0.29, 0.717) is 0 Å². The highest BCUT2D eigenvalue weighted by Gasteiger charge is 2.04. The summed E-state index contributed by atoms with van der Waals surface area (Å²) >= 11 is 0. The zero-order valence-electron chi connectivity index (χ0n) is 12.0. The molecule has 108 valence electrons. The molecule has 0 atom stereocenters. The molecule has 2 aromatic carbocycles. The molecule has 2 aromatic rings. The molecule has 0 bridgehead atoms. The maximum Gasteiger partial charge on any atom is 0.328 e. The number of carboxylic acid groups (broad SMARTS) is 1. The van der Waals surface area contributed by atoms with E-state index in [4.69, 9.17) is 9.84 Å². The van der Waals surface area contributed by atoms with Crippen LogP contribution in [0.15, 0.2) is 54.6 Å². The normalized spacial score (nSPS) is 10.6. The largest absolute Gasteiger partial charge is 0.497 e. The number of anilines is 2. The van der Waals surface area contributed by atoms with Crippen molar-refractivity contribution in [3.8, 4) is 5.75 Å². The highest BCUT2D eigenvalue weighted by Crippen LogP contribution is 2.26. The van der Waals surface area contributed by atoms with E-state index < -0.39 is 5.97 Å². The zero-order chi connectivity index (χ0) is 15.2. The van der Waals surface area contributed by atoms with E-state index in [2.05, 4.69) is 0 Å². The summed E-state index contributed by atoms with van der Waals surface area (Å²) in [5, 5.41) is 8.61. The van der Waals surface area contributed by atoms with Crippen LogP contribution in [0.3, 0.4) is 0 Å². The number of benzene rings is 2. The fraction of sp³-hybridized carbons (Fsp3) is 0.118. The number of ether oxygens (including phenoxy) is 1. The van der Waals surface area contributed by atoms with Gasteiger partial charge in [-0.3, -0.25) is 0 Å². The Morgan fingerprint density at radius 3 is 2.48 bits per heavy atom. The second-order valence-corrected chi connectivity index (χ2v) is 4.52. The average Bonchev–Trinajstić information content (AvgIpc) is 2.52. The Kier molecular flexibility index (Phi) is 4.61. The lowest BCUT2D eigenvalue weighted by atomic mass is 10.1. The summed E-state index contributed by atoms with van der Waals surface area (Å²) in [5.74, 6) is -0.145. The molecule has 2 rings (SSSR count). The van der Waals surface area contributed by atoms with Crippen LogP contribution in [-0.4, -0.2) is 25.2 Å². The number of hydrogen-bond acceptors (Lipinski definition) is 3. The van der Waals surface area contributed by atoms with E-state index in [1.807, 2.05) is 60.5 Å². The van der Waals surface area contributed by atoms with Gasteiger partial charge in [0.2, 0.25) is 0 Å². The van der Waals surface area contributed by atoms with Crippen LogP contribution in [0, 0.1) is 0 Å². The van der Waals surface area contributed by atoms with Crippen LogP contribution < -0.4 is 9.64 Å². The molecule has 0 spiro atoms. The van der Waals surface area contributed by atoms with Gasteiger partial charge in [-0.05, 0) is 35.9 Å². The minimum atomic E-state index is -0.951. The molecular formula is C17H17NO3. The second-order valence-electron chi connectivity index (χ2n) is 4.52. The monoisotopic (exact) mass is 283 g/mol. The first kappa shape index (κ1) is 14.7. The Morgan fingerprint density at radius 2 is 1.86 bits per heavy atom. The van der Waals surface area contributed by atoms with Crippen LogP contribution >= 0.6 is 0 Å². The molecular weight excluding hydrogens is 266 g/mol. The van der Waals surface area contributed by atoms with Crippen molar-refractivity contribution in [2.24, 2.45) is 0 Å². The number of methoxy groups -OCH3 is 1. The molecule has 1 N–H and O–H groups in total. The molecule has 0 aliphatic carbocycles. The Morgan fingerprint density at radius 1 is 1.14 bits per heavy atom. The fourth-order valence-electron chi connectivity index (χ4n) is 1.94. The number of nitrogens with zero attached hydrogens (tertiary/aromatic N) is 1. The van der Waals surface area contributed by atoms with E-state index in [-0.39, 0.29) is 0 Å². The number of aliphatic carboxylic acids is 1. The second kappa shape index (κ2) is 6.61. The first-order valence-electron chi connectivity index (χ1n) is 6.49. The summed E-state index contributed by atoms with van der Waals surface area (Å²) in [4.78, 5) is 12.5. The molecule has 0 saturated carbocycles. The van der Waals surface area contributed by atoms with Crippen LogP contribution in [0.1, 0.15) is 5.56 Å². The van der Waals surface area contributed by atoms with Crippen LogP contribution in [0.2, 0.25) is 0 Å². The third kappa shape index (κ3) is 3.86. The summed E-state index contributed by atoms with van der Waals surface area (Å²) in [6.07, 6.45) is 2.69.